The molecule has 0 heterocycles. The van der Waals surface area contributed by atoms with Gasteiger partial charge < -0.3 is 4.55 Å². The summed E-state index contributed by atoms with van der Waals surface area (Å²) in [7, 11) is -4.52. The Labute approximate surface area is 123 Å². The minimum Gasteiger partial charge on any atom is -0.744 e. The van der Waals surface area contributed by atoms with E-state index in [4.69, 9.17) is 0 Å². The van der Waals surface area contributed by atoms with E-state index in [1.54, 1.807) is 0 Å². The van der Waals surface area contributed by atoms with Crippen molar-refractivity contribution in [2.75, 3.05) is 0 Å². The predicted octanol–water partition coefficient (Wildman–Crippen LogP) is -2.50. The van der Waals surface area contributed by atoms with Gasteiger partial charge in [0.05, 0.1) is 9.82 Å². The fraction of sp³-hybridized carbons (Fsp3) is 0. The number of rotatable bonds is 2. The maximum absolute atomic E-state index is 10.4. The minimum absolute atomic E-state index is 0. The van der Waals surface area contributed by atoms with Crippen LogP contribution in [-0.4, -0.2) is 17.9 Å². The summed E-state index contributed by atoms with van der Waals surface area (Å²) < 4.78 is 31.2. The van der Waals surface area contributed by atoms with Gasteiger partial charge in [-0.3, -0.25) is 10.1 Å². The number of nitro benzene ring substituents is 1. The molecule has 0 radical (unpaired) electrons. The number of nitro groups is 1. The van der Waals surface area contributed by atoms with Gasteiger partial charge in [0.25, 0.3) is 5.69 Å². The number of nitrogens with zero attached hydrogens (tertiary/aromatic N) is 1. The van der Waals surface area contributed by atoms with Crippen LogP contribution in [0.5, 0.6) is 0 Å². The Kier molecular flexibility index (Phi) is 5.37. The molecule has 0 fully saturated rings. The molecule has 6 nitrogen and oxygen atoms in total. The van der Waals surface area contributed by atoms with Crippen LogP contribution in [0.25, 0.3) is 0 Å². The Morgan fingerprint density at radius 2 is 1.57 bits per heavy atom. The topological polar surface area (TPSA) is 100 Å². The zero-order chi connectivity index (χ0) is 10.1. The van der Waals surface area contributed by atoms with Gasteiger partial charge in [0.2, 0.25) is 0 Å². The van der Waals surface area contributed by atoms with Crippen LogP contribution in [-0.2, 0) is 10.1 Å². The summed E-state index contributed by atoms with van der Waals surface area (Å²) in [6.07, 6.45) is 0. The Hall–Kier alpha value is 0.166. The van der Waals surface area contributed by atoms with Crippen molar-refractivity contribution in [2.45, 2.75) is 4.90 Å². The number of hydrogen-bond donors (Lipinski definition) is 0. The fourth-order valence-corrected chi connectivity index (χ4v) is 1.20. The smallest absolute Gasteiger partial charge is 0.744 e. The first-order valence-corrected chi connectivity index (χ1v) is 4.52. The summed E-state index contributed by atoms with van der Waals surface area (Å²) in [6.45, 7) is 0. The molecule has 0 amide bonds. The van der Waals surface area contributed by atoms with E-state index in [-0.39, 0.29) is 57.1 Å². The van der Waals surface area contributed by atoms with Crippen molar-refractivity contribution in [2.24, 2.45) is 0 Å². The monoisotopic (exact) mass is 241 g/mol. The third-order valence-electron chi connectivity index (χ3n) is 1.34. The first-order chi connectivity index (χ1) is 5.91. The summed E-state index contributed by atoms with van der Waals surface area (Å²) in [5.74, 6) is 0. The van der Waals surface area contributed by atoms with E-state index in [9.17, 15) is 23.1 Å². The van der Waals surface area contributed by atoms with Crippen LogP contribution in [0.2, 0.25) is 0 Å². The van der Waals surface area contributed by atoms with Crippen LogP contribution in [0.1, 0.15) is 0 Å². The summed E-state index contributed by atoms with van der Waals surface area (Å²) in [6, 6.07) is 3.73. The normalized spacial score (nSPS) is 10.4. The van der Waals surface area contributed by atoms with Gasteiger partial charge in [-0.25, -0.2) is 8.42 Å². The van der Waals surface area contributed by atoms with Crippen molar-refractivity contribution in [3.63, 3.8) is 0 Å². The SMILES string of the molecule is O=[N+]([O-])c1ccc(S(=O)(=O)[O-])cc1.[K+]. The van der Waals surface area contributed by atoms with Crippen molar-refractivity contribution in [3.8, 4) is 0 Å². The maximum atomic E-state index is 10.4. The second kappa shape index (κ2) is 5.31. The number of hydrogen-bond acceptors (Lipinski definition) is 5. The van der Waals surface area contributed by atoms with Crippen LogP contribution in [0.15, 0.2) is 29.2 Å². The predicted molar refractivity (Wildman–Crippen MR) is 41.1 cm³/mol. The second-order valence-corrected chi connectivity index (χ2v) is 3.58. The largest absolute Gasteiger partial charge is 1.00 e. The zero-order valence-electron chi connectivity index (χ0n) is 7.21. The minimum atomic E-state index is -4.52. The van der Waals surface area contributed by atoms with Gasteiger partial charge in [0.15, 0.2) is 0 Å². The molecule has 1 rings (SSSR count). The van der Waals surface area contributed by atoms with E-state index >= 15 is 0 Å². The summed E-state index contributed by atoms with van der Waals surface area (Å²) in [4.78, 5) is 8.99. The molecule has 1 aromatic rings. The molecule has 8 heteroatoms. The Morgan fingerprint density at radius 1 is 1.14 bits per heavy atom. The van der Waals surface area contributed by atoms with E-state index in [1.807, 2.05) is 0 Å². The Balaban J connectivity index is 0.00000169. The molecule has 1 aromatic carbocycles. The molecule has 70 valence electrons. The van der Waals surface area contributed by atoms with E-state index in [0.29, 0.717) is 0 Å². The van der Waals surface area contributed by atoms with Crippen molar-refractivity contribution in [1.29, 1.82) is 0 Å². The molecule has 0 aliphatic heterocycles. The maximum Gasteiger partial charge on any atom is 1.00 e. The van der Waals surface area contributed by atoms with E-state index in [1.165, 1.54) is 0 Å². The standard InChI is InChI=1S/C6H5NO5S.K/c8-7(9)5-1-3-6(4-2-5)13(10,11)12;/h1-4H,(H,10,11,12);/q;+1/p-1. The van der Waals surface area contributed by atoms with Gasteiger partial charge in [0.1, 0.15) is 10.1 Å². The average molecular weight is 241 g/mol. The van der Waals surface area contributed by atoms with Crippen molar-refractivity contribution < 1.29 is 69.3 Å². The van der Waals surface area contributed by atoms with Gasteiger partial charge in [0, 0.05) is 12.1 Å². The molecule has 0 aliphatic rings. The first-order valence-electron chi connectivity index (χ1n) is 3.11. The molecule has 0 aliphatic carbocycles. The molecule has 0 N–H and O–H groups in total. The molecule has 0 spiro atoms. The van der Waals surface area contributed by atoms with Gasteiger partial charge in [-0.05, 0) is 12.1 Å². The van der Waals surface area contributed by atoms with E-state index < -0.39 is 19.9 Å². The third-order valence-corrected chi connectivity index (χ3v) is 2.19. The van der Waals surface area contributed by atoms with Crippen molar-refractivity contribution in [1.82, 2.24) is 0 Å². The van der Waals surface area contributed by atoms with Crippen molar-refractivity contribution in [3.05, 3.63) is 34.4 Å². The molecule has 0 atom stereocenters. The molecule has 14 heavy (non-hydrogen) atoms. The summed E-state index contributed by atoms with van der Waals surface area (Å²) in [5, 5.41) is 10.1. The van der Waals surface area contributed by atoms with Crippen LogP contribution >= 0.6 is 0 Å². The van der Waals surface area contributed by atoms with Crippen LogP contribution in [0, 0.1) is 10.1 Å². The average Bonchev–Trinajstić information content (AvgIpc) is 2.03. The molecule has 0 saturated carbocycles. The molecule has 0 unspecified atom stereocenters. The molecular formula is C6H4KNO5S. The van der Waals surface area contributed by atoms with Gasteiger partial charge in [-0.2, -0.15) is 0 Å². The molecule has 0 aromatic heterocycles. The van der Waals surface area contributed by atoms with Gasteiger partial charge in [-0.15, -0.1) is 0 Å². The Bertz CT molecular complexity index is 426. The summed E-state index contributed by atoms with van der Waals surface area (Å²) >= 11 is 0. The van der Waals surface area contributed by atoms with Crippen LogP contribution < -0.4 is 51.4 Å². The Morgan fingerprint density at radius 3 is 1.86 bits per heavy atom. The fourth-order valence-electron chi connectivity index (χ4n) is 0.735. The number of benzene rings is 1. The molecular weight excluding hydrogens is 237 g/mol. The second-order valence-electron chi connectivity index (χ2n) is 2.21. The van der Waals surface area contributed by atoms with Crippen LogP contribution in [0.4, 0.5) is 5.69 Å². The van der Waals surface area contributed by atoms with Gasteiger partial charge >= 0.3 is 51.4 Å². The van der Waals surface area contributed by atoms with E-state index in [0.717, 1.165) is 24.3 Å². The zero-order valence-corrected chi connectivity index (χ0v) is 11.1. The quantitative estimate of drug-likeness (QED) is 0.247. The van der Waals surface area contributed by atoms with Crippen molar-refractivity contribution >= 4 is 15.8 Å². The van der Waals surface area contributed by atoms with E-state index in [2.05, 4.69) is 0 Å². The molecule has 0 saturated heterocycles. The van der Waals surface area contributed by atoms with Crippen LogP contribution in [0.3, 0.4) is 0 Å². The number of non-ortho nitro benzene ring substituents is 1. The van der Waals surface area contributed by atoms with Gasteiger partial charge in [-0.1, -0.05) is 0 Å². The summed E-state index contributed by atoms with van der Waals surface area (Å²) in [5.41, 5.74) is -0.257. The third kappa shape index (κ3) is 3.73. The molecule has 0 bridgehead atoms. The first kappa shape index (κ1) is 14.2.